The zero-order valence-corrected chi connectivity index (χ0v) is 47.4. The Kier molecular flexibility index (Phi) is 27.5. The molecule has 0 aromatic heterocycles. The Morgan fingerprint density at radius 2 is 0.935 bits per heavy atom. The van der Waals surface area contributed by atoms with Crippen molar-refractivity contribution in [2.45, 2.75) is 116 Å². The number of nitrogens with zero attached hydrogens (tertiary/aromatic N) is 7. The van der Waals surface area contributed by atoms with Crippen LogP contribution < -0.4 is 24.3 Å². The number of carbonyl (C=O) groups is 2. The lowest BCUT2D eigenvalue weighted by Crippen LogP contribution is -2.49. The van der Waals surface area contributed by atoms with Crippen molar-refractivity contribution in [2.75, 3.05) is 77.6 Å². The molecule has 0 radical (unpaired) electrons. The molecule has 0 atom stereocenters. The fourth-order valence-electron chi connectivity index (χ4n) is 8.11. The highest BCUT2D eigenvalue weighted by Gasteiger charge is 2.32. The first-order chi connectivity index (χ1) is 37.0. The number of alkyl halides is 1. The van der Waals surface area contributed by atoms with Gasteiger partial charge in [0.15, 0.2) is 17.1 Å². The molecule has 0 spiro atoms. The number of benzene rings is 4. The minimum atomic E-state index is -0.549. The molecule has 77 heavy (non-hydrogen) atoms. The van der Waals surface area contributed by atoms with Crippen LogP contribution in [0.1, 0.15) is 98.5 Å². The molecule has 4 aromatic rings. The average Bonchev–Trinajstić information content (AvgIpc) is 3.42. The van der Waals surface area contributed by atoms with Gasteiger partial charge in [-0.15, -0.1) is 0 Å². The number of hydrogen-bond donors (Lipinski definition) is 1. The fraction of sp³-hybridized carbons (Fsp3) is 0.500. The predicted molar refractivity (Wildman–Crippen MR) is 305 cm³/mol. The normalized spacial score (nSPS) is 13.7. The van der Waals surface area contributed by atoms with Gasteiger partial charge < -0.3 is 48.4 Å². The summed E-state index contributed by atoms with van der Waals surface area (Å²) >= 11 is 3.33. The lowest BCUT2D eigenvalue weighted by Gasteiger charge is -2.39. The van der Waals surface area contributed by atoms with Gasteiger partial charge in [0, 0.05) is 50.1 Å². The van der Waals surface area contributed by atoms with Gasteiger partial charge in [0.25, 0.3) is 0 Å². The molecule has 16 nitrogen and oxygen atoms in total. The number of piperidine rings is 2. The number of carbonyl (C=O) groups excluding carboxylic acids is 2. The summed E-state index contributed by atoms with van der Waals surface area (Å²) in [6.07, 6.45) is 6.49. The van der Waals surface area contributed by atoms with Crippen LogP contribution in [-0.4, -0.2) is 128 Å². The molecule has 2 aliphatic rings. The average molecular weight is 1120 g/mol. The Morgan fingerprint density at radius 3 is 1.29 bits per heavy atom. The monoisotopic (exact) mass is 1120 g/mol. The van der Waals surface area contributed by atoms with E-state index in [-0.39, 0.29) is 24.3 Å². The van der Waals surface area contributed by atoms with Crippen LogP contribution in [0, 0.1) is 31.0 Å². The smallest absolute Gasteiger partial charge is 0.410 e. The summed E-state index contributed by atoms with van der Waals surface area (Å²) in [5.41, 5.74) is 1.40. The first-order valence-electron chi connectivity index (χ1n) is 26.4. The van der Waals surface area contributed by atoms with E-state index < -0.39 is 11.2 Å². The Morgan fingerprint density at radius 1 is 0.584 bits per heavy atom. The summed E-state index contributed by atoms with van der Waals surface area (Å²) in [5.74, 6) is 3.06. The molecular formula is C60H77BrN8O8. The number of nitrogens with one attached hydrogen (secondary N) is 1. The molecule has 0 aliphatic carbocycles. The van der Waals surface area contributed by atoms with E-state index >= 15 is 0 Å². The Balaban J connectivity index is 0.000000281. The molecule has 2 heterocycles. The zero-order chi connectivity index (χ0) is 55.9. The maximum atomic E-state index is 13.0. The summed E-state index contributed by atoms with van der Waals surface area (Å²) < 4.78 is 34.1. The first kappa shape index (κ1) is 62.5. The van der Waals surface area contributed by atoms with Crippen LogP contribution in [0.15, 0.2) is 97.1 Å². The van der Waals surface area contributed by atoms with Gasteiger partial charge in [0.05, 0.1) is 57.8 Å². The lowest BCUT2D eigenvalue weighted by atomic mass is 10.0. The second-order valence-corrected chi connectivity index (χ2v) is 21.1. The molecule has 2 aliphatic heterocycles. The molecular weight excluding hydrogens is 1040 g/mol. The van der Waals surface area contributed by atoms with Crippen LogP contribution in [0.4, 0.5) is 26.7 Å². The number of nitriles is 1. The zero-order valence-electron chi connectivity index (χ0n) is 45.8. The molecule has 6 rings (SSSR count). The summed E-state index contributed by atoms with van der Waals surface area (Å²) in [4.78, 5) is 41.9. The van der Waals surface area contributed by atoms with Crippen molar-refractivity contribution < 1.29 is 38.0 Å². The van der Waals surface area contributed by atoms with Gasteiger partial charge in [0.2, 0.25) is 0 Å². The Bertz CT molecular complexity index is 2510. The quantitative estimate of drug-likeness (QED) is 0.0483. The molecule has 2 fully saturated rings. The maximum Gasteiger partial charge on any atom is 0.410 e. The van der Waals surface area contributed by atoms with Crippen molar-refractivity contribution in [1.82, 2.24) is 20.0 Å². The molecule has 17 heteroatoms. The van der Waals surface area contributed by atoms with Crippen molar-refractivity contribution in [1.29, 1.82) is 5.26 Å². The van der Waals surface area contributed by atoms with E-state index in [1.165, 1.54) is 0 Å². The van der Waals surface area contributed by atoms with E-state index in [9.17, 15) is 9.59 Å². The molecule has 2 saturated heterocycles. The third-order valence-corrected chi connectivity index (χ3v) is 12.5. The molecule has 1 N–H and O–H groups in total. The third-order valence-electron chi connectivity index (χ3n) is 11.9. The lowest BCUT2D eigenvalue weighted by molar-refractivity contribution is 0.00676. The van der Waals surface area contributed by atoms with Gasteiger partial charge in [-0.05, 0) is 167 Å². The number of rotatable bonds is 21. The molecule has 4 aromatic carbocycles. The minimum Gasteiger partial charge on any atom is -0.494 e. The molecule has 412 valence electrons. The summed E-state index contributed by atoms with van der Waals surface area (Å²) in [6, 6.07) is 30.9. The standard InChI is InChI=1S/C30H38N4O4.C20H29N3O3.C10H10BrNO/c1-30(2,3)38-29(35)34(18-6-22-37-28-13-9-25(32-4)10-14-28)26-15-19-33(20-16-26)17-5-21-36-27-11-7-24(23-31)8-12-27;1-20(2,3)26-19(24)23(17-10-12-22-13-11-17)14-5-15-25-18-8-6-16(21-4)7-9-18;1-12-9-3-5-10(6-4-9)13-8-2-7-11/h7-14,26H,5-6,15-22H2,1-3H3;6-9,17,22H,5,10-15H2,1-3H3;3-6H,2,7-8H2. The number of ether oxygens (including phenoxy) is 6. The summed E-state index contributed by atoms with van der Waals surface area (Å²) in [7, 11) is 0. The predicted octanol–water partition coefficient (Wildman–Crippen LogP) is 13.4. The highest BCUT2D eigenvalue weighted by atomic mass is 79.9. The molecule has 0 unspecified atom stereocenters. The van der Waals surface area contributed by atoms with E-state index in [2.05, 4.69) is 46.8 Å². The van der Waals surface area contributed by atoms with E-state index in [1.54, 1.807) is 72.8 Å². The Hall–Kier alpha value is -7.02. The van der Waals surface area contributed by atoms with Crippen LogP contribution in [0.3, 0.4) is 0 Å². The minimum absolute atomic E-state index is 0.133. The van der Waals surface area contributed by atoms with E-state index in [0.717, 1.165) is 106 Å². The topological polar surface area (TPSA) is 148 Å². The number of amides is 2. The molecule has 0 saturated carbocycles. The largest absolute Gasteiger partial charge is 0.494 e. The number of likely N-dealkylation sites (tertiary alicyclic amines) is 1. The fourth-order valence-corrected chi connectivity index (χ4v) is 8.34. The van der Waals surface area contributed by atoms with Gasteiger partial charge >= 0.3 is 12.2 Å². The third kappa shape index (κ3) is 25.1. The highest BCUT2D eigenvalue weighted by Crippen LogP contribution is 2.24. The Labute approximate surface area is 466 Å². The van der Waals surface area contributed by atoms with Crippen LogP contribution in [0.2, 0.25) is 0 Å². The SMILES string of the molecule is [C-]#[N+]c1ccc(OCCCBr)cc1.[C-]#[N+]c1ccc(OCCCN(C(=O)OC(C)(C)C)C2CCN(CCCOc3ccc(C#N)cc3)CC2)cc1.[C-]#[N+]c1ccc(OCCCN(C(=O)OC(C)(C)C)C2CCNCC2)cc1. The molecule has 2 amide bonds. The second kappa shape index (κ2) is 33.9. The first-order valence-corrected chi connectivity index (χ1v) is 27.6. The van der Waals surface area contributed by atoms with Gasteiger partial charge in [-0.1, -0.05) is 52.3 Å². The van der Waals surface area contributed by atoms with Crippen molar-refractivity contribution in [3.63, 3.8) is 0 Å². The number of hydrogen-bond acceptors (Lipinski definition) is 11. The van der Waals surface area contributed by atoms with Crippen LogP contribution >= 0.6 is 15.9 Å². The van der Waals surface area contributed by atoms with Gasteiger partial charge in [-0.3, -0.25) is 0 Å². The van der Waals surface area contributed by atoms with Crippen molar-refractivity contribution >= 4 is 45.2 Å². The van der Waals surface area contributed by atoms with Crippen LogP contribution in [0.5, 0.6) is 23.0 Å². The van der Waals surface area contributed by atoms with Crippen molar-refractivity contribution in [3.8, 4) is 29.1 Å². The van der Waals surface area contributed by atoms with Crippen LogP contribution in [0.25, 0.3) is 14.5 Å². The van der Waals surface area contributed by atoms with E-state index in [0.29, 0.717) is 68.6 Å². The van der Waals surface area contributed by atoms with Crippen molar-refractivity contribution in [2.24, 2.45) is 0 Å². The maximum absolute atomic E-state index is 13.0. The summed E-state index contributed by atoms with van der Waals surface area (Å²) in [5, 5.41) is 13.2. The van der Waals surface area contributed by atoms with Gasteiger partial charge in [0.1, 0.15) is 34.2 Å². The number of halogens is 1. The van der Waals surface area contributed by atoms with Gasteiger partial charge in [-0.25, -0.2) is 24.1 Å². The molecule has 0 bridgehead atoms. The van der Waals surface area contributed by atoms with Crippen molar-refractivity contribution in [3.05, 3.63) is 137 Å². The van der Waals surface area contributed by atoms with Gasteiger partial charge in [-0.2, -0.15) is 5.26 Å². The second-order valence-electron chi connectivity index (χ2n) is 20.4. The highest BCUT2D eigenvalue weighted by molar-refractivity contribution is 9.09. The van der Waals surface area contributed by atoms with Crippen LogP contribution in [-0.2, 0) is 9.47 Å². The summed E-state index contributed by atoms with van der Waals surface area (Å²) in [6.45, 7) is 40.2. The van der Waals surface area contributed by atoms with E-state index in [4.69, 9.17) is 53.4 Å². The van der Waals surface area contributed by atoms with E-state index in [1.807, 2.05) is 75.6 Å².